The second kappa shape index (κ2) is 12.1. The van der Waals surface area contributed by atoms with Gasteiger partial charge in [0.25, 0.3) is 5.91 Å². The molecule has 2 aromatic rings. The van der Waals surface area contributed by atoms with Gasteiger partial charge in [0.1, 0.15) is 5.75 Å². The zero-order valence-electron chi connectivity index (χ0n) is 18.1. The number of esters is 1. The molecule has 0 aliphatic rings. The first-order valence-electron chi connectivity index (χ1n) is 9.66. The average Bonchev–Trinajstić information content (AvgIpc) is 2.79. The monoisotopic (exact) mass is 445 g/mol. The Kier molecular flexibility index (Phi) is 9.47. The molecule has 0 aliphatic carbocycles. The molecule has 0 unspecified atom stereocenters. The van der Waals surface area contributed by atoms with Gasteiger partial charge < -0.3 is 23.3 Å². The van der Waals surface area contributed by atoms with Crippen LogP contribution in [0.15, 0.2) is 58.8 Å². The Morgan fingerprint density at radius 2 is 1.58 bits per heavy atom. The number of hydrogen-bond donors (Lipinski definition) is 1. The molecule has 1 amide bonds. The van der Waals surface area contributed by atoms with Crippen LogP contribution in [-0.4, -0.2) is 48.6 Å². The molecule has 0 aliphatic heterocycles. The van der Waals surface area contributed by atoms with Crippen LogP contribution in [0.2, 0.25) is 6.04 Å². The van der Waals surface area contributed by atoms with Gasteiger partial charge in [-0.1, -0.05) is 12.1 Å². The fourth-order valence-corrected chi connectivity index (χ4v) is 4.49. The molecule has 166 valence electrons. The quantitative estimate of drug-likeness (QED) is 0.184. The lowest BCUT2D eigenvalue weighted by Crippen LogP contribution is -2.43. The molecule has 9 nitrogen and oxygen atoms in total. The summed E-state index contributed by atoms with van der Waals surface area (Å²) in [5.74, 6) is -0.220. The molecule has 0 atom stereocenters. The van der Waals surface area contributed by atoms with E-state index >= 15 is 0 Å². The predicted octanol–water partition coefficient (Wildman–Crippen LogP) is 4.03. The van der Waals surface area contributed by atoms with Crippen LogP contribution >= 0.6 is 0 Å². The van der Waals surface area contributed by atoms with Crippen molar-refractivity contribution in [3.05, 3.63) is 54.1 Å². The van der Waals surface area contributed by atoms with Crippen molar-refractivity contribution in [2.75, 3.05) is 27.9 Å². The van der Waals surface area contributed by atoms with E-state index in [0.29, 0.717) is 41.7 Å². The Hall–Kier alpha value is -2.92. The molecular formula is C21H27N3O6Si. The van der Waals surface area contributed by atoms with E-state index in [2.05, 4.69) is 15.5 Å². The van der Waals surface area contributed by atoms with E-state index in [1.54, 1.807) is 69.9 Å². The maximum atomic E-state index is 12.6. The van der Waals surface area contributed by atoms with Crippen LogP contribution in [0.4, 0.5) is 11.4 Å². The first kappa shape index (κ1) is 24.3. The van der Waals surface area contributed by atoms with E-state index in [1.807, 2.05) is 0 Å². The summed E-state index contributed by atoms with van der Waals surface area (Å²) < 4.78 is 21.1. The number of amides is 1. The predicted molar refractivity (Wildman–Crippen MR) is 117 cm³/mol. The third kappa shape index (κ3) is 7.37. The molecule has 2 aromatic carbocycles. The molecule has 1 N–H and O–H groups in total. The lowest BCUT2D eigenvalue weighted by atomic mass is 10.1. The van der Waals surface area contributed by atoms with Crippen LogP contribution in [0.1, 0.15) is 23.7 Å². The minimum atomic E-state index is -2.66. The largest absolute Gasteiger partial charge is 0.500 e. The van der Waals surface area contributed by atoms with Crippen LogP contribution in [-0.2, 0) is 18.1 Å². The number of rotatable bonds is 11. The zero-order valence-corrected chi connectivity index (χ0v) is 19.1. The summed E-state index contributed by atoms with van der Waals surface area (Å²) >= 11 is 0. The highest BCUT2D eigenvalue weighted by Gasteiger charge is 2.36. The summed E-state index contributed by atoms with van der Waals surface area (Å²) in [6.07, 6.45) is 0.645. The molecule has 2 rings (SSSR count). The summed E-state index contributed by atoms with van der Waals surface area (Å²) in [6, 6.07) is 14.1. The number of carbonyl (C=O) groups excluding carboxylic acids is 2. The van der Waals surface area contributed by atoms with Gasteiger partial charge in [0, 0.05) is 40.8 Å². The van der Waals surface area contributed by atoms with Gasteiger partial charge in [-0.3, -0.25) is 9.59 Å². The van der Waals surface area contributed by atoms with Crippen LogP contribution in [0, 0.1) is 0 Å². The van der Waals surface area contributed by atoms with Gasteiger partial charge in [-0.25, -0.2) is 0 Å². The molecule has 10 heteroatoms. The van der Waals surface area contributed by atoms with Crippen LogP contribution in [0.5, 0.6) is 5.75 Å². The van der Waals surface area contributed by atoms with Crippen LogP contribution in [0.3, 0.4) is 0 Å². The molecule has 0 fully saturated rings. The Morgan fingerprint density at radius 3 is 2.19 bits per heavy atom. The minimum absolute atomic E-state index is 0.251. The summed E-state index contributed by atoms with van der Waals surface area (Å²) in [4.78, 5) is 23.6. The molecule has 0 bridgehead atoms. The van der Waals surface area contributed by atoms with Crippen molar-refractivity contribution in [1.82, 2.24) is 5.32 Å². The molecule has 0 saturated heterocycles. The SMILES string of the molecule is CO[Si](CCCNC(=O)c1ccccc1/N=N/c1ccc(OC(C)=O)cc1)(OC)OC. The number of benzene rings is 2. The zero-order chi connectivity index (χ0) is 22.7. The number of nitrogens with one attached hydrogen (secondary N) is 1. The topological polar surface area (TPSA) is 108 Å². The first-order valence-corrected chi connectivity index (χ1v) is 11.6. The number of ether oxygens (including phenoxy) is 1. The minimum Gasteiger partial charge on any atom is -0.427 e. The van der Waals surface area contributed by atoms with Crippen LogP contribution < -0.4 is 10.1 Å². The van der Waals surface area contributed by atoms with E-state index in [9.17, 15) is 9.59 Å². The van der Waals surface area contributed by atoms with Crippen molar-refractivity contribution in [1.29, 1.82) is 0 Å². The highest BCUT2D eigenvalue weighted by atomic mass is 28.4. The average molecular weight is 446 g/mol. The molecule has 0 radical (unpaired) electrons. The summed E-state index contributed by atoms with van der Waals surface area (Å²) in [7, 11) is 2.02. The maximum Gasteiger partial charge on any atom is 0.500 e. The summed E-state index contributed by atoms with van der Waals surface area (Å²) in [6.45, 7) is 1.77. The standard InChI is InChI=1S/C21H27N3O6Si/c1-16(25)30-18-12-10-17(11-13-18)23-24-20-9-6-5-8-19(20)21(26)22-14-7-15-31(27-2,28-3)29-4/h5-6,8-13H,7,14-15H2,1-4H3,(H,22,26)/b24-23+. The van der Waals surface area contributed by atoms with Crippen LogP contribution in [0.25, 0.3) is 0 Å². The third-order valence-electron chi connectivity index (χ3n) is 4.40. The van der Waals surface area contributed by atoms with E-state index in [1.165, 1.54) is 6.92 Å². The van der Waals surface area contributed by atoms with Crippen molar-refractivity contribution >= 4 is 32.1 Å². The van der Waals surface area contributed by atoms with Gasteiger partial charge in [0.2, 0.25) is 0 Å². The fraction of sp³-hybridized carbons (Fsp3) is 0.333. The molecular weight excluding hydrogens is 418 g/mol. The summed E-state index contributed by atoms with van der Waals surface area (Å²) in [5, 5.41) is 11.2. The number of carbonyl (C=O) groups is 2. The summed E-state index contributed by atoms with van der Waals surface area (Å²) in [5.41, 5.74) is 1.42. The van der Waals surface area contributed by atoms with Crippen molar-refractivity contribution in [3.8, 4) is 5.75 Å². The highest BCUT2D eigenvalue weighted by molar-refractivity contribution is 6.60. The van der Waals surface area contributed by atoms with Crippen molar-refractivity contribution < 1.29 is 27.6 Å². The fourth-order valence-electron chi connectivity index (χ4n) is 2.77. The van der Waals surface area contributed by atoms with Crippen molar-refractivity contribution in [3.63, 3.8) is 0 Å². The number of azo groups is 1. The Morgan fingerprint density at radius 1 is 0.935 bits per heavy atom. The van der Waals surface area contributed by atoms with Gasteiger partial charge >= 0.3 is 14.8 Å². The number of nitrogens with zero attached hydrogens (tertiary/aromatic N) is 2. The van der Waals surface area contributed by atoms with E-state index in [-0.39, 0.29) is 5.91 Å². The van der Waals surface area contributed by atoms with Gasteiger partial charge in [-0.05, 0) is 42.8 Å². The normalized spacial score (nSPS) is 11.5. The van der Waals surface area contributed by atoms with Gasteiger partial charge in [0.15, 0.2) is 0 Å². The smallest absolute Gasteiger partial charge is 0.427 e. The van der Waals surface area contributed by atoms with E-state index in [4.69, 9.17) is 18.0 Å². The van der Waals surface area contributed by atoms with E-state index < -0.39 is 14.8 Å². The Balaban J connectivity index is 1.98. The first-order chi connectivity index (χ1) is 14.9. The van der Waals surface area contributed by atoms with Crippen molar-refractivity contribution in [2.24, 2.45) is 10.2 Å². The van der Waals surface area contributed by atoms with Crippen molar-refractivity contribution in [2.45, 2.75) is 19.4 Å². The molecule has 31 heavy (non-hydrogen) atoms. The third-order valence-corrected chi connectivity index (χ3v) is 7.23. The number of hydrogen-bond acceptors (Lipinski definition) is 8. The highest BCUT2D eigenvalue weighted by Crippen LogP contribution is 2.24. The Labute approximate surface area is 182 Å². The maximum absolute atomic E-state index is 12.6. The molecule has 0 heterocycles. The molecule has 0 aromatic heterocycles. The molecule has 0 spiro atoms. The lowest BCUT2D eigenvalue weighted by molar-refractivity contribution is -0.131. The van der Waals surface area contributed by atoms with Gasteiger partial charge in [0.05, 0.1) is 16.9 Å². The second-order valence-corrected chi connectivity index (χ2v) is 9.55. The lowest BCUT2D eigenvalue weighted by Gasteiger charge is -2.24. The second-order valence-electron chi connectivity index (χ2n) is 6.46. The van der Waals surface area contributed by atoms with Gasteiger partial charge in [-0.15, -0.1) is 5.11 Å². The molecule has 0 saturated carbocycles. The van der Waals surface area contributed by atoms with Gasteiger partial charge in [-0.2, -0.15) is 5.11 Å². The van der Waals surface area contributed by atoms with E-state index in [0.717, 1.165) is 0 Å². The Bertz CT molecular complexity index is 892.